The first kappa shape index (κ1) is 26.4. The van der Waals surface area contributed by atoms with Gasteiger partial charge in [-0.3, -0.25) is 19.5 Å². The van der Waals surface area contributed by atoms with E-state index in [2.05, 4.69) is 30.4 Å². The molecule has 0 saturated carbocycles. The highest BCUT2D eigenvalue weighted by Crippen LogP contribution is 2.12. The van der Waals surface area contributed by atoms with E-state index in [4.69, 9.17) is 10.5 Å². The summed E-state index contributed by atoms with van der Waals surface area (Å²) in [7, 11) is 3.65. The van der Waals surface area contributed by atoms with Crippen LogP contribution in [-0.4, -0.2) is 50.2 Å². The van der Waals surface area contributed by atoms with Crippen LogP contribution in [0.5, 0.6) is 0 Å². The van der Waals surface area contributed by atoms with Gasteiger partial charge in [-0.1, -0.05) is 35.4 Å². The van der Waals surface area contributed by atoms with E-state index >= 15 is 0 Å². The van der Waals surface area contributed by atoms with Crippen LogP contribution in [-0.2, 0) is 20.9 Å². The number of carbonyl (C=O) groups is 4. The van der Waals surface area contributed by atoms with E-state index in [0.717, 1.165) is 5.56 Å². The molecule has 0 heterocycles. The van der Waals surface area contributed by atoms with E-state index in [9.17, 15) is 19.2 Å². The normalized spacial score (nSPS) is 12.5. The van der Waals surface area contributed by atoms with Gasteiger partial charge in [0, 0.05) is 12.2 Å². The lowest BCUT2D eigenvalue weighted by Crippen LogP contribution is -2.51. The number of ether oxygens (including phenoxy) is 1. The average Bonchev–Trinajstić information content (AvgIpc) is 2.69. The Morgan fingerprint density at radius 3 is 2.29 bits per heavy atom. The van der Waals surface area contributed by atoms with Crippen molar-refractivity contribution in [3.63, 3.8) is 0 Å². The second kappa shape index (κ2) is 13.6. The number of benzene rings is 1. The third-order valence-electron chi connectivity index (χ3n) is 4.39. The molecule has 0 aliphatic rings. The fourth-order valence-electron chi connectivity index (χ4n) is 2.72. The fraction of sp³-hybridized carbons (Fsp3) is 0.474. The monoisotopic (exact) mass is 451 g/mol. The molecule has 1 aromatic carbocycles. The minimum absolute atomic E-state index is 0.0162. The van der Waals surface area contributed by atoms with Gasteiger partial charge in [-0.05, 0) is 36.5 Å². The Labute approximate surface area is 185 Å². The maximum atomic E-state index is 12.8. The maximum absolute atomic E-state index is 12.8. The molecule has 10 nitrogen and oxygen atoms in total. The summed E-state index contributed by atoms with van der Waals surface area (Å²) in [6.07, 6.45) is 0.757. The molecule has 6 N–H and O–H groups in total. The second-order valence-corrected chi connectivity index (χ2v) is 7.68. The van der Waals surface area contributed by atoms with Crippen LogP contribution >= 0.6 is 9.39 Å². The van der Waals surface area contributed by atoms with Gasteiger partial charge in [0.15, 0.2) is 0 Å². The molecule has 0 radical (unpaired) electrons. The molecule has 1 aromatic rings. The summed E-state index contributed by atoms with van der Waals surface area (Å²) < 4.78 is 4.93. The van der Waals surface area contributed by atoms with Gasteiger partial charge in [0.1, 0.15) is 12.6 Å². The molecule has 31 heavy (non-hydrogen) atoms. The van der Waals surface area contributed by atoms with Gasteiger partial charge in [0.05, 0.1) is 6.04 Å². The molecule has 0 aliphatic carbocycles. The maximum Gasteiger partial charge on any atom is 0.312 e. The van der Waals surface area contributed by atoms with E-state index in [0.29, 0.717) is 18.5 Å². The van der Waals surface area contributed by atoms with Crippen LogP contribution in [0.15, 0.2) is 24.3 Å². The zero-order chi connectivity index (χ0) is 23.4. The van der Waals surface area contributed by atoms with Crippen LogP contribution in [0.3, 0.4) is 0 Å². The number of anilines is 1. The number of carbonyl (C=O) groups excluding carboxylic acids is 4. The molecule has 12 heteroatoms. The lowest BCUT2D eigenvalue weighted by atomic mass is 10.0. The molecule has 170 valence electrons. The number of nitrogens with one attached hydrogen (secondary N) is 4. The molecular formula is C19H31BN5O5P. The number of hydrogen-bond acceptors (Lipinski definition) is 6. The van der Waals surface area contributed by atoms with E-state index in [-0.39, 0.29) is 36.8 Å². The van der Waals surface area contributed by atoms with Crippen LogP contribution in [0.25, 0.3) is 0 Å². The van der Waals surface area contributed by atoms with E-state index in [1.54, 1.807) is 24.3 Å². The quantitative estimate of drug-likeness (QED) is 0.174. The Kier molecular flexibility index (Phi) is 11.6. The number of hydrogen-bond donors (Lipinski definition) is 5. The molecule has 3 atom stereocenters. The number of primary amides is 1. The topological polar surface area (TPSA) is 152 Å². The lowest BCUT2D eigenvalue weighted by molar-refractivity contribution is -0.128. The minimum atomic E-state index is -0.803. The molecule has 4 amide bonds. The van der Waals surface area contributed by atoms with Gasteiger partial charge in [-0.15, -0.1) is 0 Å². The van der Waals surface area contributed by atoms with Crippen LogP contribution in [0.2, 0.25) is 0 Å². The van der Waals surface area contributed by atoms with E-state index < -0.39 is 18.1 Å². The highest BCUT2D eigenvalue weighted by molar-refractivity contribution is 7.13. The van der Waals surface area contributed by atoms with Crippen molar-refractivity contribution < 1.29 is 23.9 Å². The Morgan fingerprint density at radius 1 is 1.13 bits per heavy atom. The van der Waals surface area contributed by atoms with E-state index in [1.165, 1.54) is 7.85 Å². The first-order valence-electron chi connectivity index (χ1n) is 9.97. The third-order valence-corrected chi connectivity index (χ3v) is 4.75. The highest BCUT2D eigenvalue weighted by Gasteiger charge is 2.26. The SMILES string of the molecule is BC(=O)OCc1ccc(NC(=O)[C@H](CCCNC(N)=O)NC(=O)C(NP)C(C)C)cc1. The molecule has 0 aromatic heterocycles. The molecule has 0 spiro atoms. The first-order valence-corrected chi connectivity index (χ1v) is 10.5. The summed E-state index contributed by atoms with van der Waals surface area (Å²) >= 11 is 0. The summed E-state index contributed by atoms with van der Waals surface area (Å²) in [6.45, 7) is 4.22. The second-order valence-electron chi connectivity index (χ2n) is 7.35. The Balaban J connectivity index is 2.80. The average molecular weight is 451 g/mol. The number of amides is 4. The molecule has 1 rings (SSSR count). The van der Waals surface area contributed by atoms with Crippen LogP contribution in [0.1, 0.15) is 32.3 Å². The zero-order valence-electron chi connectivity index (χ0n) is 18.1. The van der Waals surface area contributed by atoms with Crippen LogP contribution < -0.4 is 26.8 Å². The Morgan fingerprint density at radius 2 is 1.77 bits per heavy atom. The van der Waals surface area contributed by atoms with E-state index in [1.807, 2.05) is 13.8 Å². The minimum Gasteiger partial charge on any atom is -0.469 e. The number of urea groups is 1. The lowest BCUT2D eigenvalue weighted by Gasteiger charge is -2.24. The molecule has 0 saturated heterocycles. The van der Waals surface area contributed by atoms with Crippen LogP contribution in [0, 0.1) is 5.92 Å². The first-order chi connectivity index (χ1) is 14.6. The summed E-state index contributed by atoms with van der Waals surface area (Å²) in [5.74, 6) is -1.04. The van der Waals surface area contributed by atoms with Crippen molar-refractivity contribution >= 4 is 46.6 Å². The van der Waals surface area contributed by atoms with Crippen LogP contribution in [0.4, 0.5) is 15.3 Å². The van der Waals surface area contributed by atoms with Gasteiger partial charge >= 0.3 is 6.03 Å². The smallest absolute Gasteiger partial charge is 0.312 e. The summed E-state index contributed by atoms with van der Waals surface area (Å²) in [5.41, 5.74) is 6.37. The number of rotatable bonds is 12. The summed E-state index contributed by atoms with van der Waals surface area (Å²) in [6, 6.07) is 4.90. The fourth-order valence-corrected chi connectivity index (χ4v) is 3.25. The van der Waals surface area contributed by atoms with Gasteiger partial charge in [0.2, 0.25) is 25.5 Å². The van der Waals surface area contributed by atoms with Crippen molar-refractivity contribution in [1.82, 2.24) is 15.7 Å². The third kappa shape index (κ3) is 10.3. The predicted octanol–water partition coefficient (Wildman–Crippen LogP) is 0.232. The van der Waals surface area contributed by atoms with Crippen molar-refractivity contribution in [2.45, 2.75) is 45.4 Å². The van der Waals surface area contributed by atoms with Crippen molar-refractivity contribution in [1.29, 1.82) is 0 Å². The van der Waals surface area contributed by atoms with Gasteiger partial charge in [-0.25, -0.2) is 4.79 Å². The van der Waals surface area contributed by atoms with Gasteiger partial charge in [-0.2, -0.15) is 0 Å². The van der Waals surface area contributed by atoms with Crippen molar-refractivity contribution in [3.05, 3.63) is 29.8 Å². The molecule has 0 aliphatic heterocycles. The van der Waals surface area contributed by atoms with Gasteiger partial charge in [0.25, 0.3) is 0 Å². The predicted molar refractivity (Wildman–Crippen MR) is 124 cm³/mol. The zero-order valence-corrected chi connectivity index (χ0v) is 19.2. The summed E-state index contributed by atoms with van der Waals surface area (Å²) in [5, 5.41) is 10.9. The Bertz CT molecular complexity index is 763. The van der Waals surface area contributed by atoms with Crippen molar-refractivity contribution in [2.75, 3.05) is 11.9 Å². The Hall–Kier alpha value is -2.65. The van der Waals surface area contributed by atoms with Crippen molar-refractivity contribution in [3.8, 4) is 0 Å². The molecule has 2 unspecified atom stereocenters. The number of nitrogens with two attached hydrogens (primary N) is 1. The largest absolute Gasteiger partial charge is 0.469 e. The standard InChI is InChI=1S/C19H31BN5O5P/c1-11(2)15(25-31)17(27)24-14(4-3-9-22-19(21)29)16(26)23-13-7-5-12(6-8-13)10-30-18(20)28/h5-8,11,14-15,25H,3-4,9-10,20,31H2,1-2H3,(H,23,26)(H,24,27)(H3,21,22,29)/t14-,15?/m0/s1. The molecule has 0 fully saturated rings. The van der Waals surface area contributed by atoms with Crippen molar-refractivity contribution in [2.24, 2.45) is 11.7 Å². The molecular weight excluding hydrogens is 420 g/mol. The van der Waals surface area contributed by atoms with Gasteiger partial charge < -0.3 is 26.4 Å². The summed E-state index contributed by atoms with van der Waals surface area (Å²) in [4.78, 5) is 47.2. The highest BCUT2D eigenvalue weighted by atomic mass is 31.0. The molecule has 0 bridgehead atoms.